The molecule has 0 N–H and O–H groups in total. The molecule has 196 valence electrons. The van der Waals surface area contributed by atoms with Crippen molar-refractivity contribution in [1.82, 2.24) is 19.7 Å². The van der Waals surface area contributed by atoms with Crippen molar-refractivity contribution in [1.29, 1.82) is 0 Å². The molecule has 0 saturated carbocycles. The number of carbonyl (C=O) groups excluding carboxylic acids is 1. The van der Waals surface area contributed by atoms with Gasteiger partial charge in [-0.05, 0) is 31.5 Å². The van der Waals surface area contributed by atoms with Gasteiger partial charge in [0.1, 0.15) is 0 Å². The topological polar surface area (TPSA) is 94.4 Å². The van der Waals surface area contributed by atoms with Gasteiger partial charge in [-0.3, -0.25) is 14.5 Å². The summed E-state index contributed by atoms with van der Waals surface area (Å²) in [5.74, 6) is -0.791. The molecule has 1 amide bonds. The standard InChI is InChI=1S/C23H33F3N4O4S/c1-4-6-7-8-9-10-11-12-15-30(5-2)22(31)20-16-21(29(3)28-20)19-14-13-18(17-27-19)34-35(32,33)23(24,25)26/h13-14,16-17H,4-12,15H2,1-3H3. The van der Waals surface area contributed by atoms with Crippen molar-refractivity contribution in [2.24, 2.45) is 7.05 Å². The largest absolute Gasteiger partial charge is 0.534 e. The summed E-state index contributed by atoms with van der Waals surface area (Å²) in [7, 11) is -4.17. The summed E-state index contributed by atoms with van der Waals surface area (Å²) >= 11 is 0. The number of unbranched alkanes of at least 4 members (excludes halogenated alkanes) is 7. The Kier molecular flexibility index (Phi) is 10.5. The van der Waals surface area contributed by atoms with E-state index in [0.717, 1.165) is 31.5 Å². The second kappa shape index (κ2) is 12.9. The normalized spacial score (nSPS) is 12.1. The third-order valence-corrected chi connectivity index (χ3v) is 6.52. The van der Waals surface area contributed by atoms with Crippen LogP contribution in [0.25, 0.3) is 11.4 Å². The number of hydrogen-bond acceptors (Lipinski definition) is 6. The van der Waals surface area contributed by atoms with Crippen molar-refractivity contribution in [3.8, 4) is 17.1 Å². The van der Waals surface area contributed by atoms with Crippen LogP contribution in [0.1, 0.15) is 75.7 Å². The van der Waals surface area contributed by atoms with Gasteiger partial charge in [0.2, 0.25) is 0 Å². The quantitative estimate of drug-likeness (QED) is 0.191. The van der Waals surface area contributed by atoms with Crippen LogP contribution in [-0.2, 0) is 17.2 Å². The lowest BCUT2D eigenvalue weighted by Gasteiger charge is -2.19. The lowest BCUT2D eigenvalue weighted by atomic mass is 10.1. The molecule has 2 heterocycles. The van der Waals surface area contributed by atoms with Gasteiger partial charge >= 0.3 is 15.6 Å². The van der Waals surface area contributed by atoms with Gasteiger partial charge in [-0.15, -0.1) is 0 Å². The van der Waals surface area contributed by atoms with Gasteiger partial charge in [-0.25, -0.2) is 0 Å². The fraction of sp³-hybridized carbons (Fsp3) is 0.609. The molecule has 0 aromatic carbocycles. The zero-order valence-electron chi connectivity index (χ0n) is 20.3. The van der Waals surface area contributed by atoms with Crippen LogP contribution in [-0.4, -0.2) is 52.6 Å². The fourth-order valence-corrected chi connectivity index (χ4v) is 4.01. The van der Waals surface area contributed by atoms with E-state index in [1.165, 1.54) is 42.9 Å². The van der Waals surface area contributed by atoms with Gasteiger partial charge in [0, 0.05) is 20.1 Å². The van der Waals surface area contributed by atoms with E-state index in [4.69, 9.17) is 0 Å². The summed E-state index contributed by atoms with van der Waals surface area (Å²) < 4.78 is 65.2. The minimum Gasteiger partial charge on any atom is -0.374 e. The van der Waals surface area contributed by atoms with Crippen molar-refractivity contribution < 1.29 is 30.6 Å². The Labute approximate surface area is 204 Å². The third kappa shape index (κ3) is 8.22. The second-order valence-corrected chi connectivity index (χ2v) is 9.80. The number of amides is 1. The van der Waals surface area contributed by atoms with Crippen LogP contribution in [0, 0.1) is 0 Å². The van der Waals surface area contributed by atoms with E-state index >= 15 is 0 Å². The molecule has 0 spiro atoms. The van der Waals surface area contributed by atoms with Crippen molar-refractivity contribution in [3.63, 3.8) is 0 Å². The predicted molar refractivity (Wildman–Crippen MR) is 126 cm³/mol. The van der Waals surface area contributed by atoms with E-state index in [1.807, 2.05) is 6.92 Å². The lowest BCUT2D eigenvalue weighted by Crippen LogP contribution is -2.32. The van der Waals surface area contributed by atoms with Crippen LogP contribution in [0.4, 0.5) is 13.2 Å². The highest BCUT2D eigenvalue weighted by Crippen LogP contribution is 2.28. The van der Waals surface area contributed by atoms with E-state index in [9.17, 15) is 26.4 Å². The minimum atomic E-state index is -5.78. The predicted octanol–water partition coefficient (Wildman–Crippen LogP) is 5.31. The van der Waals surface area contributed by atoms with E-state index in [2.05, 4.69) is 21.2 Å². The van der Waals surface area contributed by atoms with Crippen molar-refractivity contribution in [3.05, 3.63) is 30.1 Å². The second-order valence-electron chi connectivity index (χ2n) is 8.26. The maximum atomic E-state index is 13.0. The van der Waals surface area contributed by atoms with Gasteiger partial charge in [0.15, 0.2) is 11.4 Å². The Morgan fingerprint density at radius 3 is 2.23 bits per heavy atom. The molecule has 0 aliphatic rings. The number of aromatic nitrogens is 3. The van der Waals surface area contributed by atoms with Gasteiger partial charge in [-0.1, -0.05) is 51.9 Å². The van der Waals surface area contributed by atoms with Gasteiger partial charge in [0.25, 0.3) is 5.91 Å². The SMILES string of the molecule is CCCCCCCCCCN(CC)C(=O)c1cc(-c2ccc(OS(=O)(=O)C(F)(F)F)cn2)n(C)n1. The first-order valence-corrected chi connectivity index (χ1v) is 13.2. The average molecular weight is 519 g/mol. The highest BCUT2D eigenvalue weighted by molar-refractivity contribution is 7.88. The number of halogens is 3. The van der Waals surface area contributed by atoms with E-state index in [1.54, 1.807) is 18.0 Å². The Balaban J connectivity index is 1.98. The Hall–Kier alpha value is -2.63. The summed E-state index contributed by atoms with van der Waals surface area (Å²) in [5.41, 5.74) is -4.57. The molecule has 35 heavy (non-hydrogen) atoms. The molecular formula is C23H33F3N4O4S. The highest BCUT2D eigenvalue weighted by atomic mass is 32.2. The van der Waals surface area contributed by atoms with E-state index in [0.29, 0.717) is 24.5 Å². The van der Waals surface area contributed by atoms with Crippen LogP contribution in [0.2, 0.25) is 0 Å². The monoisotopic (exact) mass is 518 g/mol. The van der Waals surface area contributed by atoms with E-state index < -0.39 is 21.4 Å². The zero-order chi connectivity index (χ0) is 26.1. The molecule has 2 aromatic rings. The molecule has 8 nitrogen and oxygen atoms in total. The summed E-state index contributed by atoms with van der Waals surface area (Å²) in [6.45, 7) is 5.27. The number of nitrogens with zero attached hydrogens (tertiary/aromatic N) is 4. The van der Waals surface area contributed by atoms with Gasteiger partial charge in [-0.2, -0.15) is 26.7 Å². The zero-order valence-corrected chi connectivity index (χ0v) is 21.2. The summed E-state index contributed by atoms with van der Waals surface area (Å²) in [5, 5.41) is 4.27. The highest BCUT2D eigenvalue weighted by Gasteiger charge is 2.48. The van der Waals surface area contributed by atoms with Crippen LogP contribution in [0.3, 0.4) is 0 Å². The van der Waals surface area contributed by atoms with Crippen LogP contribution in [0.5, 0.6) is 5.75 Å². The third-order valence-electron chi connectivity index (χ3n) is 5.54. The molecule has 0 bridgehead atoms. The number of carbonyl (C=O) groups is 1. The maximum absolute atomic E-state index is 13.0. The van der Waals surface area contributed by atoms with E-state index in [-0.39, 0.29) is 11.6 Å². The smallest absolute Gasteiger partial charge is 0.374 e. The molecule has 0 unspecified atom stereocenters. The molecule has 0 radical (unpaired) electrons. The summed E-state index contributed by atoms with van der Waals surface area (Å²) in [6, 6.07) is 3.90. The number of aryl methyl sites for hydroxylation is 1. The Morgan fingerprint density at radius 2 is 1.69 bits per heavy atom. The van der Waals surface area contributed by atoms with Crippen LogP contribution in [0.15, 0.2) is 24.4 Å². The molecule has 12 heteroatoms. The number of rotatable bonds is 14. The molecular weight excluding hydrogens is 485 g/mol. The molecule has 0 aliphatic heterocycles. The molecule has 0 saturated heterocycles. The first kappa shape index (κ1) is 28.6. The van der Waals surface area contributed by atoms with Crippen LogP contribution >= 0.6 is 0 Å². The summed E-state index contributed by atoms with van der Waals surface area (Å²) in [6.07, 6.45) is 10.2. The molecule has 0 fully saturated rings. The molecule has 0 atom stereocenters. The Morgan fingerprint density at radius 1 is 1.06 bits per heavy atom. The fourth-order valence-electron chi connectivity index (χ4n) is 3.57. The number of alkyl halides is 3. The minimum absolute atomic E-state index is 0.214. The average Bonchev–Trinajstić information content (AvgIpc) is 3.19. The molecule has 2 aromatic heterocycles. The van der Waals surface area contributed by atoms with Gasteiger partial charge in [0.05, 0.1) is 17.6 Å². The number of hydrogen-bond donors (Lipinski definition) is 0. The maximum Gasteiger partial charge on any atom is 0.534 e. The van der Waals surface area contributed by atoms with Crippen molar-refractivity contribution in [2.45, 2.75) is 70.7 Å². The Bertz CT molecular complexity index is 1050. The molecule has 2 rings (SSSR count). The first-order chi connectivity index (χ1) is 16.5. The van der Waals surface area contributed by atoms with Crippen molar-refractivity contribution >= 4 is 16.0 Å². The summed E-state index contributed by atoms with van der Waals surface area (Å²) in [4.78, 5) is 18.7. The van der Waals surface area contributed by atoms with Crippen molar-refractivity contribution in [2.75, 3.05) is 13.1 Å². The molecule has 0 aliphatic carbocycles. The number of pyridine rings is 1. The lowest BCUT2D eigenvalue weighted by molar-refractivity contribution is -0.0500. The van der Waals surface area contributed by atoms with Crippen LogP contribution < -0.4 is 4.18 Å². The first-order valence-electron chi connectivity index (χ1n) is 11.8. The van der Waals surface area contributed by atoms with Gasteiger partial charge < -0.3 is 9.08 Å².